The van der Waals surface area contributed by atoms with Gasteiger partial charge in [0.1, 0.15) is 11.5 Å². The van der Waals surface area contributed by atoms with Crippen LogP contribution in [-0.4, -0.2) is 6.21 Å². The van der Waals surface area contributed by atoms with Gasteiger partial charge in [0.25, 0.3) is 0 Å². The monoisotopic (exact) mass is 199 g/mol. The second-order valence-corrected chi connectivity index (χ2v) is 3.55. The molecule has 0 unspecified atom stereocenters. The van der Waals surface area contributed by atoms with Crippen LogP contribution in [0.15, 0.2) is 45.8 Å². The highest BCUT2D eigenvalue weighted by Gasteiger charge is 1.93. The first-order chi connectivity index (χ1) is 7.24. The van der Waals surface area contributed by atoms with E-state index in [1.165, 1.54) is 5.56 Å². The van der Waals surface area contributed by atoms with E-state index in [2.05, 4.69) is 18.0 Å². The lowest BCUT2D eigenvalue weighted by Crippen LogP contribution is -1.75. The number of aryl methyl sites for hydroxylation is 2. The second kappa shape index (κ2) is 4.13. The van der Waals surface area contributed by atoms with Crippen LogP contribution in [-0.2, 0) is 0 Å². The van der Waals surface area contributed by atoms with Crippen LogP contribution in [0, 0.1) is 13.8 Å². The molecule has 76 valence electrons. The van der Waals surface area contributed by atoms with E-state index in [0.717, 1.165) is 17.2 Å². The van der Waals surface area contributed by atoms with Crippen molar-refractivity contribution < 1.29 is 4.42 Å². The Morgan fingerprint density at radius 3 is 2.67 bits per heavy atom. The minimum atomic E-state index is 0.786. The number of hydrogen-bond acceptors (Lipinski definition) is 2. The average molecular weight is 199 g/mol. The number of rotatable bonds is 2. The van der Waals surface area contributed by atoms with E-state index < -0.39 is 0 Å². The van der Waals surface area contributed by atoms with Crippen molar-refractivity contribution in [3.05, 3.63) is 53.5 Å². The highest BCUT2D eigenvalue weighted by Crippen LogP contribution is 2.13. The van der Waals surface area contributed by atoms with E-state index >= 15 is 0 Å². The van der Waals surface area contributed by atoms with Gasteiger partial charge in [-0.2, -0.15) is 0 Å². The van der Waals surface area contributed by atoms with Gasteiger partial charge in [0, 0.05) is 0 Å². The smallest absolute Gasteiger partial charge is 0.145 e. The number of nitrogens with zero attached hydrogens (tertiary/aromatic N) is 1. The van der Waals surface area contributed by atoms with Gasteiger partial charge in [-0.1, -0.05) is 12.1 Å². The van der Waals surface area contributed by atoms with Crippen molar-refractivity contribution in [2.24, 2.45) is 4.99 Å². The molecule has 0 fully saturated rings. The van der Waals surface area contributed by atoms with Crippen LogP contribution in [0.2, 0.25) is 0 Å². The minimum Gasteiger partial charge on any atom is -0.460 e. The molecule has 0 amide bonds. The Labute approximate surface area is 89.3 Å². The topological polar surface area (TPSA) is 25.5 Å². The summed E-state index contributed by atoms with van der Waals surface area (Å²) in [6.07, 6.45) is 1.74. The van der Waals surface area contributed by atoms with Crippen LogP contribution in [0.5, 0.6) is 0 Å². The normalized spacial score (nSPS) is 11.1. The van der Waals surface area contributed by atoms with Crippen molar-refractivity contribution in [3.63, 3.8) is 0 Å². The van der Waals surface area contributed by atoms with E-state index in [-0.39, 0.29) is 0 Å². The standard InChI is InChI=1S/C13H13NO/c1-10-4-3-5-12(8-10)14-9-13-7-6-11(2)15-13/h3-9H,1-2H3/b14-9+. The van der Waals surface area contributed by atoms with Crippen molar-refractivity contribution in [2.45, 2.75) is 13.8 Å². The van der Waals surface area contributed by atoms with E-state index in [1.807, 2.05) is 37.3 Å². The quantitative estimate of drug-likeness (QED) is 0.678. The predicted molar refractivity (Wildman–Crippen MR) is 61.9 cm³/mol. The molecule has 0 radical (unpaired) electrons. The third-order valence-electron chi connectivity index (χ3n) is 2.10. The van der Waals surface area contributed by atoms with Gasteiger partial charge in [0.15, 0.2) is 0 Å². The van der Waals surface area contributed by atoms with Crippen molar-refractivity contribution in [1.29, 1.82) is 0 Å². The summed E-state index contributed by atoms with van der Waals surface area (Å²) < 4.78 is 5.39. The van der Waals surface area contributed by atoms with Crippen molar-refractivity contribution in [3.8, 4) is 0 Å². The molecule has 0 N–H and O–H groups in total. The zero-order valence-corrected chi connectivity index (χ0v) is 8.90. The molecule has 0 spiro atoms. The summed E-state index contributed by atoms with van der Waals surface area (Å²) in [6.45, 7) is 3.97. The second-order valence-electron chi connectivity index (χ2n) is 3.55. The number of aliphatic imine (C=N–C) groups is 1. The van der Waals surface area contributed by atoms with Crippen LogP contribution in [0.1, 0.15) is 17.1 Å². The first-order valence-electron chi connectivity index (χ1n) is 4.91. The lowest BCUT2D eigenvalue weighted by Gasteiger charge is -1.94. The molecule has 0 saturated carbocycles. The molecule has 2 aromatic rings. The zero-order valence-electron chi connectivity index (χ0n) is 8.90. The number of benzene rings is 1. The van der Waals surface area contributed by atoms with Gasteiger partial charge >= 0.3 is 0 Å². The number of furan rings is 1. The highest BCUT2D eigenvalue weighted by atomic mass is 16.3. The molecule has 15 heavy (non-hydrogen) atoms. The molecule has 0 saturated heterocycles. The van der Waals surface area contributed by atoms with E-state index in [0.29, 0.717) is 0 Å². The minimum absolute atomic E-state index is 0.786. The first kappa shape index (κ1) is 9.71. The molecule has 2 nitrogen and oxygen atoms in total. The molecule has 0 aliphatic heterocycles. The fourth-order valence-electron chi connectivity index (χ4n) is 1.37. The van der Waals surface area contributed by atoms with Crippen LogP contribution >= 0.6 is 0 Å². The predicted octanol–water partition coefficient (Wildman–Crippen LogP) is 3.65. The maximum Gasteiger partial charge on any atom is 0.145 e. The third-order valence-corrected chi connectivity index (χ3v) is 2.10. The maximum atomic E-state index is 5.39. The summed E-state index contributed by atoms with van der Waals surface area (Å²) >= 11 is 0. The fourth-order valence-corrected chi connectivity index (χ4v) is 1.37. The Kier molecular flexibility index (Phi) is 2.68. The van der Waals surface area contributed by atoms with Crippen LogP contribution in [0.4, 0.5) is 5.69 Å². The Balaban J connectivity index is 2.18. The molecular formula is C13H13NO. The molecule has 2 heteroatoms. The Morgan fingerprint density at radius 2 is 2.00 bits per heavy atom. The highest BCUT2D eigenvalue weighted by molar-refractivity contribution is 5.78. The van der Waals surface area contributed by atoms with Gasteiger partial charge in [-0.3, -0.25) is 4.99 Å². The van der Waals surface area contributed by atoms with Gasteiger partial charge in [0.05, 0.1) is 11.9 Å². The van der Waals surface area contributed by atoms with Gasteiger partial charge in [-0.25, -0.2) is 0 Å². The molecule has 1 aromatic heterocycles. The molecule has 2 rings (SSSR count). The molecule has 0 aliphatic carbocycles. The van der Waals surface area contributed by atoms with E-state index in [4.69, 9.17) is 4.42 Å². The maximum absolute atomic E-state index is 5.39. The van der Waals surface area contributed by atoms with E-state index in [9.17, 15) is 0 Å². The Hall–Kier alpha value is -1.83. The largest absolute Gasteiger partial charge is 0.460 e. The molecular weight excluding hydrogens is 186 g/mol. The van der Waals surface area contributed by atoms with Crippen molar-refractivity contribution in [1.82, 2.24) is 0 Å². The average Bonchev–Trinajstić information content (AvgIpc) is 2.62. The van der Waals surface area contributed by atoms with E-state index in [1.54, 1.807) is 6.21 Å². The molecule has 0 aliphatic rings. The summed E-state index contributed by atoms with van der Waals surface area (Å²) in [5.41, 5.74) is 2.16. The SMILES string of the molecule is Cc1cccc(/N=C/c2ccc(C)o2)c1. The lowest BCUT2D eigenvalue weighted by atomic mass is 10.2. The third kappa shape index (κ3) is 2.56. The lowest BCUT2D eigenvalue weighted by molar-refractivity contribution is 0.528. The summed E-state index contributed by atoms with van der Waals surface area (Å²) in [5.74, 6) is 1.69. The van der Waals surface area contributed by atoms with Crippen molar-refractivity contribution in [2.75, 3.05) is 0 Å². The first-order valence-corrected chi connectivity index (χ1v) is 4.91. The number of hydrogen-bond donors (Lipinski definition) is 0. The Morgan fingerprint density at radius 1 is 1.13 bits per heavy atom. The summed E-state index contributed by atoms with van der Waals surface area (Å²) in [6, 6.07) is 11.9. The van der Waals surface area contributed by atoms with Gasteiger partial charge < -0.3 is 4.42 Å². The zero-order chi connectivity index (χ0) is 10.7. The van der Waals surface area contributed by atoms with Crippen LogP contribution in [0.25, 0.3) is 0 Å². The van der Waals surface area contributed by atoms with Gasteiger partial charge in [-0.15, -0.1) is 0 Å². The Bertz CT molecular complexity index is 483. The molecule has 0 atom stereocenters. The summed E-state index contributed by atoms with van der Waals surface area (Å²) in [5, 5.41) is 0. The molecule has 0 bridgehead atoms. The van der Waals surface area contributed by atoms with Crippen LogP contribution < -0.4 is 0 Å². The molecule has 1 aromatic carbocycles. The van der Waals surface area contributed by atoms with Gasteiger partial charge in [0.2, 0.25) is 0 Å². The fraction of sp³-hybridized carbons (Fsp3) is 0.154. The van der Waals surface area contributed by atoms with Gasteiger partial charge in [-0.05, 0) is 43.7 Å². The van der Waals surface area contributed by atoms with Crippen LogP contribution in [0.3, 0.4) is 0 Å². The molecule has 1 heterocycles. The van der Waals surface area contributed by atoms with Crippen molar-refractivity contribution >= 4 is 11.9 Å². The summed E-state index contributed by atoms with van der Waals surface area (Å²) in [4.78, 5) is 4.33. The summed E-state index contributed by atoms with van der Waals surface area (Å²) in [7, 11) is 0.